The molecule has 5 rings (SSSR count). The van der Waals surface area contributed by atoms with Crippen LogP contribution in [0.2, 0.25) is 0 Å². The van der Waals surface area contributed by atoms with Crippen molar-refractivity contribution in [1.29, 1.82) is 0 Å². The van der Waals surface area contributed by atoms with Crippen molar-refractivity contribution in [3.63, 3.8) is 0 Å². The molecule has 0 radical (unpaired) electrons. The number of nitrogens with zero attached hydrogens (tertiary/aromatic N) is 4. The van der Waals surface area contributed by atoms with Crippen LogP contribution < -0.4 is 10.1 Å². The number of carbonyl (C=O) groups is 2. The van der Waals surface area contributed by atoms with Crippen LogP contribution in [0.5, 0.6) is 5.75 Å². The largest absolute Gasteiger partial charge is 0.497 e. The second kappa shape index (κ2) is 10.9. The molecule has 2 amide bonds. The normalized spacial score (nSPS) is 14.6. The van der Waals surface area contributed by atoms with E-state index in [0.717, 1.165) is 47.8 Å². The summed E-state index contributed by atoms with van der Waals surface area (Å²) in [5.74, 6) is 0.330. The van der Waals surface area contributed by atoms with E-state index in [-0.39, 0.29) is 30.9 Å². The molecular weight excluding hydrogens is 474 g/mol. The maximum atomic E-state index is 13.9. The van der Waals surface area contributed by atoms with Crippen LogP contribution in [-0.4, -0.2) is 44.9 Å². The Bertz CT molecular complexity index is 1330. The van der Waals surface area contributed by atoms with E-state index < -0.39 is 6.04 Å². The van der Waals surface area contributed by atoms with Crippen molar-refractivity contribution >= 4 is 34.2 Å². The van der Waals surface area contributed by atoms with E-state index in [2.05, 4.69) is 15.6 Å². The molecule has 0 spiro atoms. The Morgan fingerprint density at radius 1 is 1.17 bits per heavy atom. The van der Waals surface area contributed by atoms with Crippen molar-refractivity contribution in [2.45, 2.75) is 50.9 Å². The number of nitrogens with one attached hydrogen (secondary N) is 1. The van der Waals surface area contributed by atoms with E-state index in [1.807, 2.05) is 65.4 Å². The van der Waals surface area contributed by atoms with E-state index >= 15 is 0 Å². The molecule has 0 bridgehead atoms. The van der Waals surface area contributed by atoms with E-state index in [0.29, 0.717) is 5.75 Å². The third-order valence-corrected chi connectivity index (χ3v) is 7.33. The van der Waals surface area contributed by atoms with Gasteiger partial charge < -0.3 is 15.0 Å². The van der Waals surface area contributed by atoms with Crippen molar-refractivity contribution in [2.24, 2.45) is 0 Å². The van der Waals surface area contributed by atoms with Gasteiger partial charge in [-0.3, -0.25) is 9.59 Å². The van der Waals surface area contributed by atoms with E-state index in [4.69, 9.17) is 4.74 Å². The number of benzene rings is 2. The molecule has 4 aromatic rings. The Labute approximate surface area is 213 Å². The fourth-order valence-electron chi connectivity index (χ4n) is 4.80. The summed E-state index contributed by atoms with van der Waals surface area (Å²) >= 11 is 1.51. The van der Waals surface area contributed by atoms with E-state index in [1.54, 1.807) is 16.7 Å². The van der Waals surface area contributed by atoms with Gasteiger partial charge in [0, 0.05) is 12.6 Å². The lowest BCUT2D eigenvalue weighted by molar-refractivity contribution is -0.142. The molecule has 186 valence electrons. The smallest absolute Gasteiger partial charge is 0.247 e. The Balaban J connectivity index is 1.50. The highest BCUT2D eigenvalue weighted by atomic mass is 32.1. The van der Waals surface area contributed by atoms with Gasteiger partial charge in [0.2, 0.25) is 11.8 Å². The number of methoxy groups -OCH3 is 1. The van der Waals surface area contributed by atoms with Crippen molar-refractivity contribution < 1.29 is 14.3 Å². The molecule has 2 aromatic carbocycles. The predicted octanol–water partition coefficient (Wildman–Crippen LogP) is 4.33. The van der Waals surface area contributed by atoms with Gasteiger partial charge in [0.1, 0.15) is 23.9 Å². The topological polar surface area (TPSA) is 89.3 Å². The summed E-state index contributed by atoms with van der Waals surface area (Å²) in [4.78, 5) is 29.3. The van der Waals surface area contributed by atoms with Gasteiger partial charge in [-0.1, -0.05) is 42.3 Å². The van der Waals surface area contributed by atoms with Crippen molar-refractivity contribution in [3.8, 4) is 5.75 Å². The predicted molar refractivity (Wildman–Crippen MR) is 139 cm³/mol. The molecule has 1 atom stereocenters. The van der Waals surface area contributed by atoms with Crippen LogP contribution in [0.1, 0.15) is 42.9 Å². The maximum Gasteiger partial charge on any atom is 0.247 e. The Hall–Kier alpha value is -3.72. The second-order valence-electron chi connectivity index (χ2n) is 9.06. The van der Waals surface area contributed by atoms with Crippen LogP contribution in [-0.2, 0) is 22.7 Å². The molecule has 36 heavy (non-hydrogen) atoms. The summed E-state index contributed by atoms with van der Waals surface area (Å²) in [5, 5.41) is 15.5. The molecular formula is C27H29N5O3S. The Kier molecular flexibility index (Phi) is 7.27. The number of ether oxygens (including phenoxy) is 1. The minimum absolute atomic E-state index is 0.0260. The molecule has 0 saturated heterocycles. The molecule has 1 saturated carbocycles. The standard InChI is InChI=1S/C27H29N5O3S/c1-35-22-10-6-7-19(15-22)16-31(25(33)17-32-24-12-5-4-11-23(24)29-30-32)26(20-13-14-36-18-20)27(34)28-21-8-2-3-9-21/h4-7,10-15,18,21,26H,2-3,8-9,16-17H2,1H3,(H,28,34)/t26-/m0/s1. The molecule has 1 N–H and O–H groups in total. The Morgan fingerprint density at radius 3 is 2.78 bits per heavy atom. The molecule has 1 aliphatic rings. The Morgan fingerprint density at radius 2 is 2.00 bits per heavy atom. The summed E-state index contributed by atoms with van der Waals surface area (Å²) in [6, 6.07) is 16.4. The average Bonchev–Trinajstić information content (AvgIpc) is 3.67. The zero-order valence-electron chi connectivity index (χ0n) is 20.2. The number of hydrogen-bond acceptors (Lipinski definition) is 6. The van der Waals surface area contributed by atoms with Crippen LogP contribution in [0.3, 0.4) is 0 Å². The number of aromatic nitrogens is 3. The summed E-state index contributed by atoms with van der Waals surface area (Å²) < 4.78 is 6.99. The highest BCUT2D eigenvalue weighted by molar-refractivity contribution is 7.08. The van der Waals surface area contributed by atoms with Gasteiger partial charge in [-0.2, -0.15) is 11.3 Å². The first-order valence-corrected chi connectivity index (χ1v) is 13.1. The lowest BCUT2D eigenvalue weighted by Crippen LogP contribution is -2.46. The van der Waals surface area contributed by atoms with E-state index in [1.165, 1.54) is 11.3 Å². The molecule has 2 heterocycles. The van der Waals surface area contributed by atoms with Crippen molar-refractivity contribution in [3.05, 3.63) is 76.5 Å². The number of hydrogen-bond donors (Lipinski definition) is 1. The van der Waals surface area contributed by atoms with Crippen LogP contribution in [0.25, 0.3) is 11.0 Å². The SMILES string of the molecule is COc1cccc(CN(C(=O)Cn2nnc3ccccc32)[C@H](C(=O)NC2CCCC2)c2ccsc2)c1. The lowest BCUT2D eigenvalue weighted by atomic mass is 10.0. The highest BCUT2D eigenvalue weighted by Crippen LogP contribution is 2.28. The zero-order valence-corrected chi connectivity index (χ0v) is 21.0. The van der Waals surface area contributed by atoms with Gasteiger partial charge in [-0.15, -0.1) is 5.10 Å². The van der Waals surface area contributed by atoms with Gasteiger partial charge >= 0.3 is 0 Å². The van der Waals surface area contributed by atoms with Gasteiger partial charge in [-0.25, -0.2) is 4.68 Å². The van der Waals surface area contributed by atoms with Crippen molar-refractivity contribution in [2.75, 3.05) is 7.11 Å². The number of fused-ring (bicyclic) bond motifs is 1. The first-order chi connectivity index (χ1) is 17.6. The molecule has 9 heteroatoms. The maximum absolute atomic E-state index is 13.9. The van der Waals surface area contributed by atoms with Crippen molar-refractivity contribution in [1.82, 2.24) is 25.2 Å². The number of amides is 2. The van der Waals surface area contributed by atoms with Crippen LogP contribution in [0.15, 0.2) is 65.4 Å². The molecule has 1 fully saturated rings. The molecule has 2 aromatic heterocycles. The molecule has 8 nitrogen and oxygen atoms in total. The highest BCUT2D eigenvalue weighted by Gasteiger charge is 2.34. The van der Waals surface area contributed by atoms with Gasteiger partial charge in [0.15, 0.2) is 0 Å². The minimum Gasteiger partial charge on any atom is -0.497 e. The summed E-state index contributed by atoms with van der Waals surface area (Å²) in [6.07, 6.45) is 4.16. The third kappa shape index (κ3) is 5.26. The number of carbonyl (C=O) groups excluding carboxylic acids is 2. The monoisotopic (exact) mass is 503 g/mol. The fraction of sp³-hybridized carbons (Fsp3) is 0.333. The van der Waals surface area contributed by atoms with Crippen LogP contribution in [0, 0.1) is 0 Å². The van der Waals surface area contributed by atoms with Gasteiger partial charge in [-0.05, 0) is 65.1 Å². The summed E-state index contributed by atoms with van der Waals surface area (Å²) in [5.41, 5.74) is 3.17. The van der Waals surface area contributed by atoms with Crippen LogP contribution >= 0.6 is 11.3 Å². The quantitative estimate of drug-likeness (QED) is 0.367. The second-order valence-corrected chi connectivity index (χ2v) is 9.84. The first-order valence-electron chi connectivity index (χ1n) is 12.2. The summed E-state index contributed by atoms with van der Waals surface area (Å²) in [6.45, 7) is 0.225. The third-order valence-electron chi connectivity index (χ3n) is 6.63. The zero-order chi connectivity index (χ0) is 24.9. The first kappa shape index (κ1) is 24.0. The van der Waals surface area contributed by atoms with Gasteiger partial charge in [0.25, 0.3) is 0 Å². The number of thiophene rings is 1. The number of para-hydroxylation sites is 1. The summed E-state index contributed by atoms with van der Waals surface area (Å²) in [7, 11) is 1.61. The molecule has 0 aliphatic heterocycles. The van der Waals surface area contributed by atoms with E-state index in [9.17, 15) is 9.59 Å². The average molecular weight is 504 g/mol. The molecule has 0 unspecified atom stereocenters. The minimum atomic E-state index is -0.759. The molecule has 1 aliphatic carbocycles. The number of rotatable bonds is 9. The van der Waals surface area contributed by atoms with Gasteiger partial charge in [0.05, 0.1) is 12.6 Å². The van der Waals surface area contributed by atoms with Crippen LogP contribution in [0.4, 0.5) is 0 Å². The fourth-order valence-corrected chi connectivity index (χ4v) is 5.48. The lowest BCUT2D eigenvalue weighted by Gasteiger charge is -2.32.